The average Bonchev–Trinajstić information content (AvgIpc) is 3.24. The first kappa shape index (κ1) is 25.3. The number of benzene rings is 2. The van der Waals surface area contributed by atoms with Gasteiger partial charge in [0, 0.05) is 22.1 Å². The maximum Gasteiger partial charge on any atom is 0.229 e. The van der Waals surface area contributed by atoms with Crippen LogP contribution in [0.3, 0.4) is 0 Å². The molecule has 0 saturated carbocycles. The predicted molar refractivity (Wildman–Crippen MR) is 139 cm³/mol. The molecule has 1 heterocycles. The summed E-state index contributed by atoms with van der Waals surface area (Å²) in [5.41, 5.74) is 4.61. The minimum atomic E-state index is -1.41. The molecule has 0 atom stereocenters. The fraction of sp³-hybridized carbons (Fsp3) is 0.423. The number of aliphatic hydroxyl groups is 1. The molecule has 5 nitrogen and oxygen atoms in total. The average molecular weight is 486 g/mol. The van der Waals surface area contributed by atoms with Crippen molar-refractivity contribution in [2.45, 2.75) is 59.7 Å². The summed E-state index contributed by atoms with van der Waals surface area (Å²) in [4.78, 5) is 4.94. The van der Waals surface area contributed by atoms with E-state index in [1.807, 2.05) is 37.4 Å². The van der Waals surface area contributed by atoms with Gasteiger partial charge >= 0.3 is 0 Å². The number of hydrogen-bond donors (Lipinski definition) is 1. The van der Waals surface area contributed by atoms with Gasteiger partial charge in [-0.1, -0.05) is 26.8 Å². The number of nitrogens with zero attached hydrogens (tertiary/aromatic N) is 1. The minimum absolute atomic E-state index is 0.0650. The smallest absolute Gasteiger partial charge is 0.229 e. The van der Waals surface area contributed by atoms with Gasteiger partial charge in [0.2, 0.25) is 9.04 Å². The molecule has 0 amide bonds. The molecule has 0 unspecified atom stereocenters. The van der Waals surface area contributed by atoms with Gasteiger partial charge in [-0.2, -0.15) is 0 Å². The zero-order chi connectivity index (χ0) is 24.2. The zero-order valence-electron chi connectivity index (χ0n) is 20.7. The Bertz CT molecular complexity index is 1090. The van der Waals surface area contributed by atoms with Crippen molar-refractivity contribution in [2.24, 2.45) is 0 Å². The standard InChI is InChI=1S/C26H35NO4SSi/c1-8-29-22-13-10-17(14-23(22)30-9-2)25-27-21(16-32-25)18-11-12-20(26(3,4)5)19(15-28)24(18)31-33(6)7/h10-14,16,28,33H,8-9,15H2,1-7H3. The quantitative estimate of drug-likeness (QED) is 0.354. The summed E-state index contributed by atoms with van der Waals surface area (Å²) >= 11 is 1.58. The summed E-state index contributed by atoms with van der Waals surface area (Å²) in [5.74, 6) is 2.23. The highest BCUT2D eigenvalue weighted by Crippen LogP contribution is 2.42. The van der Waals surface area contributed by atoms with Crippen LogP contribution in [0.25, 0.3) is 21.8 Å². The lowest BCUT2D eigenvalue weighted by molar-refractivity contribution is 0.275. The summed E-state index contributed by atoms with van der Waals surface area (Å²) in [7, 11) is -1.41. The largest absolute Gasteiger partial charge is 0.546 e. The van der Waals surface area contributed by atoms with Crippen LogP contribution in [0.1, 0.15) is 45.7 Å². The lowest BCUT2D eigenvalue weighted by Crippen LogP contribution is -2.19. The van der Waals surface area contributed by atoms with Crippen LogP contribution >= 0.6 is 11.3 Å². The van der Waals surface area contributed by atoms with Crippen LogP contribution in [0.4, 0.5) is 0 Å². The van der Waals surface area contributed by atoms with Crippen LogP contribution < -0.4 is 13.9 Å². The van der Waals surface area contributed by atoms with E-state index in [4.69, 9.17) is 18.9 Å². The van der Waals surface area contributed by atoms with Crippen molar-refractivity contribution in [1.82, 2.24) is 4.98 Å². The van der Waals surface area contributed by atoms with Gasteiger partial charge in [-0.05, 0) is 62.2 Å². The number of thiazole rings is 1. The second-order valence-electron chi connectivity index (χ2n) is 9.11. The van der Waals surface area contributed by atoms with Crippen LogP contribution in [-0.4, -0.2) is 32.3 Å². The summed E-state index contributed by atoms with van der Waals surface area (Å²) in [6, 6.07) is 10.1. The summed E-state index contributed by atoms with van der Waals surface area (Å²) in [6.45, 7) is 15.7. The summed E-state index contributed by atoms with van der Waals surface area (Å²) in [6.07, 6.45) is 0. The number of rotatable bonds is 9. The first-order valence-corrected chi connectivity index (χ1v) is 15.1. The summed E-state index contributed by atoms with van der Waals surface area (Å²) < 4.78 is 17.9. The third-order valence-corrected chi connectivity index (χ3v) is 6.75. The van der Waals surface area contributed by atoms with Gasteiger partial charge in [0.1, 0.15) is 10.8 Å². The van der Waals surface area contributed by atoms with E-state index in [-0.39, 0.29) is 12.0 Å². The minimum Gasteiger partial charge on any atom is -0.546 e. The van der Waals surface area contributed by atoms with Crippen molar-refractivity contribution >= 4 is 20.4 Å². The van der Waals surface area contributed by atoms with Gasteiger partial charge in [0.15, 0.2) is 11.5 Å². The molecule has 7 heteroatoms. The molecule has 0 spiro atoms. The van der Waals surface area contributed by atoms with Crippen LogP contribution in [0.5, 0.6) is 17.2 Å². The first-order valence-electron chi connectivity index (χ1n) is 11.5. The highest BCUT2D eigenvalue weighted by molar-refractivity contribution is 7.13. The molecule has 0 aliphatic carbocycles. The molecule has 178 valence electrons. The third-order valence-electron chi connectivity index (χ3n) is 5.15. The van der Waals surface area contributed by atoms with Gasteiger partial charge in [0.05, 0.1) is 25.5 Å². The van der Waals surface area contributed by atoms with Gasteiger partial charge in [-0.15, -0.1) is 11.3 Å². The Morgan fingerprint density at radius 1 is 1.00 bits per heavy atom. The van der Waals surface area contributed by atoms with Crippen molar-refractivity contribution in [2.75, 3.05) is 13.2 Å². The molecule has 0 aliphatic heterocycles. The van der Waals surface area contributed by atoms with Crippen molar-refractivity contribution in [1.29, 1.82) is 0 Å². The Balaban J connectivity index is 2.08. The topological polar surface area (TPSA) is 60.8 Å². The lowest BCUT2D eigenvalue weighted by atomic mass is 9.82. The van der Waals surface area contributed by atoms with Crippen molar-refractivity contribution in [3.05, 3.63) is 46.8 Å². The van der Waals surface area contributed by atoms with Gasteiger partial charge in [-0.25, -0.2) is 4.98 Å². The fourth-order valence-electron chi connectivity index (χ4n) is 3.77. The molecular weight excluding hydrogens is 450 g/mol. The molecule has 1 N–H and O–H groups in total. The number of aromatic nitrogens is 1. The molecule has 2 aromatic carbocycles. The van der Waals surface area contributed by atoms with Crippen LogP contribution in [0.15, 0.2) is 35.7 Å². The van der Waals surface area contributed by atoms with E-state index in [0.29, 0.717) is 13.2 Å². The van der Waals surface area contributed by atoms with E-state index < -0.39 is 9.04 Å². The molecular formula is C26H35NO4SSi. The summed E-state index contributed by atoms with van der Waals surface area (Å²) in [5, 5.41) is 13.2. The molecule has 1 aromatic heterocycles. The molecule has 3 rings (SSSR count). The zero-order valence-corrected chi connectivity index (χ0v) is 22.7. The van der Waals surface area contributed by atoms with Gasteiger partial charge in [-0.3, -0.25) is 0 Å². The number of hydrogen-bond acceptors (Lipinski definition) is 6. The first-order chi connectivity index (χ1) is 15.7. The highest BCUT2D eigenvalue weighted by Gasteiger charge is 2.25. The van der Waals surface area contributed by atoms with E-state index in [1.165, 1.54) is 0 Å². The third kappa shape index (κ3) is 5.77. The molecule has 0 radical (unpaired) electrons. The Kier molecular flexibility index (Phi) is 8.21. The Morgan fingerprint density at radius 3 is 2.30 bits per heavy atom. The van der Waals surface area contributed by atoms with Crippen LogP contribution in [-0.2, 0) is 12.0 Å². The van der Waals surface area contributed by atoms with E-state index in [1.54, 1.807) is 11.3 Å². The molecule has 33 heavy (non-hydrogen) atoms. The molecule has 0 bridgehead atoms. The van der Waals surface area contributed by atoms with Crippen LogP contribution in [0, 0.1) is 0 Å². The van der Waals surface area contributed by atoms with Crippen LogP contribution in [0.2, 0.25) is 13.1 Å². The van der Waals surface area contributed by atoms with E-state index in [0.717, 1.165) is 50.2 Å². The second kappa shape index (κ2) is 10.7. The number of ether oxygens (including phenoxy) is 2. The Morgan fingerprint density at radius 2 is 1.70 bits per heavy atom. The molecule has 0 fully saturated rings. The van der Waals surface area contributed by atoms with Gasteiger partial charge < -0.3 is 19.0 Å². The normalized spacial score (nSPS) is 11.7. The Hall–Kier alpha value is -2.35. The lowest BCUT2D eigenvalue weighted by Gasteiger charge is -2.26. The second-order valence-corrected chi connectivity index (χ2v) is 12.3. The molecule has 0 aliphatic rings. The van der Waals surface area contributed by atoms with Crippen molar-refractivity contribution in [3.63, 3.8) is 0 Å². The van der Waals surface area contributed by atoms with Crippen molar-refractivity contribution < 1.29 is 19.0 Å². The SMILES string of the molecule is CCOc1ccc(-c2nc(-c3ccc(C(C)(C)C)c(CO)c3O[SiH](C)C)cs2)cc1OCC. The van der Waals surface area contributed by atoms with Gasteiger partial charge in [0.25, 0.3) is 0 Å². The monoisotopic (exact) mass is 485 g/mol. The maximum absolute atomic E-state index is 10.3. The highest BCUT2D eigenvalue weighted by atomic mass is 32.1. The Labute approximate surface area is 203 Å². The molecule has 0 saturated heterocycles. The fourth-order valence-corrected chi connectivity index (χ4v) is 5.33. The number of aliphatic hydroxyl groups excluding tert-OH is 1. The maximum atomic E-state index is 10.3. The predicted octanol–water partition coefficient (Wildman–Crippen LogP) is 6.43. The van der Waals surface area contributed by atoms with E-state index in [2.05, 4.69) is 46.0 Å². The van der Waals surface area contributed by atoms with Crippen molar-refractivity contribution in [3.8, 4) is 39.1 Å². The van der Waals surface area contributed by atoms with E-state index >= 15 is 0 Å². The molecule has 3 aromatic rings. The van der Waals surface area contributed by atoms with E-state index in [9.17, 15) is 5.11 Å².